The Bertz CT molecular complexity index is 1520. The first-order chi connectivity index (χ1) is 19.8. The van der Waals surface area contributed by atoms with Crippen LogP contribution in [0.15, 0.2) is 34.1 Å². The number of nitrogens with zero attached hydrogens (tertiary/aromatic N) is 3. The van der Waals surface area contributed by atoms with E-state index in [0.29, 0.717) is 0 Å². The van der Waals surface area contributed by atoms with Crippen LogP contribution in [0.5, 0.6) is 0 Å². The monoisotopic (exact) mass is 674 g/mol. The van der Waals surface area contributed by atoms with Gasteiger partial charge >= 0.3 is 36.1 Å². The summed E-state index contributed by atoms with van der Waals surface area (Å²) in [7, 11) is -9.75. The first kappa shape index (κ1) is 32.6. The van der Waals surface area contributed by atoms with Gasteiger partial charge in [-0.05, 0) is 12.1 Å². The third-order valence-corrected chi connectivity index (χ3v) is 8.97. The smallest absolute Gasteiger partial charge is 0.387 e. The molecule has 24 heteroatoms. The number of nitrogens with one attached hydrogen (secondary N) is 1. The minimum atomic E-state index is -3.35. The maximum atomic E-state index is 12.0. The lowest BCUT2D eigenvalue weighted by atomic mass is 10.1. The predicted molar refractivity (Wildman–Crippen MR) is 138 cm³/mol. The van der Waals surface area contributed by atoms with E-state index in [-0.39, 0.29) is 10.5 Å². The molecule has 2 aliphatic rings. The number of hydrogen-bond donors (Lipinski definition) is 6. The molecule has 42 heavy (non-hydrogen) atoms. The number of nitrogens with two attached hydrogens (primary N) is 1. The minimum Gasteiger partial charge on any atom is -0.387 e. The highest BCUT2D eigenvalue weighted by molar-refractivity contribution is 7.71. The van der Waals surface area contributed by atoms with Crippen LogP contribution in [-0.4, -0.2) is 89.4 Å². The first-order valence-electron chi connectivity index (χ1n) is 11.6. The van der Waals surface area contributed by atoms with Crippen LogP contribution >= 0.6 is 37.0 Å². The molecule has 0 spiro atoms. The fourth-order valence-electron chi connectivity index (χ4n) is 3.88. The second-order valence-corrected chi connectivity index (χ2v) is 12.2. The molecule has 0 amide bonds. The van der Waals surface area contributed by atoms with Gasteiger partial charge in [0, 0.05) is 26.1 Å². The van der Waals surface area contributed by atoms with Crippen LogP contribution in [0, 0.1) is 4.64 Å². The summed E-state index contributed by atoms with van der Waals surface area (Å²) in [6.07, 6.45) is -9.26. The zero-order valence-electron chi connectivity index (χ0n) is 20.8. The lowest BCUT2D eigenvalue weighted by Gasteiger charge is -2.16. The van der Waals surface area contributed by atoms with Crippen LogP contribution in [0.25, 0.3) is 0 Å². The Kier molecular flexibility index (Phi) is 10.8. The number of aliphatic hydroxyl groups excluding tert-OH is 4. The lowest BCUT2D eigenvalue weighted by Crippen LogP contribution is -2.36. The van der Waals surface area contributed by atoms with E-state index in [1.165, 1.54) is 24.5 Å². The Hall–Kier alpha value is -2.32. The fraction of sp³-hybridized carbons (Fsp3) is 0.556. The molecule has 2 fully saturated rings. The van der Waals surface area contributed by atoms with Gasteiger partial charge in [-0.2, -0.15) is 4.98 Å². The van der Waals surface area contributed by atoms with Gasteiger partial charge in [-0.15, -0.1) is 9.05 Å². The summed E-state index contributed by atoms with van der Waals surface area (Å²) in [4.78, 5) is 29.8. The molecule has 0 aliphatic carbocycles. The van der Waals surface area contributed by atoms with E-state index in [1.54, 1.807) is 0 Å². The summed E-state index contributed by atoms with van der Waals surface area (Å²) in [5, 5.41) is 40.8. The van der Waals surface area contributed by atoms with E-state index < -0.39 is 98.4 Å². The molecule has 20 nitrogen and oxygen atoms in total. The number of aromatic amines is 1. The molecule has 0 bridgehead atoms. The molecule has 228 valence electrons. The van der Waals surface area contributed by atoms with E-state index in [1.807, 2.05) is 0 Å². The molecule has 2 aliphatic heterocycles. The lowest BCUT2D eigenvalue weighted by molar-refractivity contribution is -0.0518. The minimum absolute atomic E-state index is 0.0782. The number of ether oxygens (including phenoxy) is 2. The second kappa shape index (κ2) is 14.0. The number of nitrogen functional groups attached to an aromatic ring is 1. The van der Waals surface area contributed by atoms with Crippen molar-refractivity contribution in [1.82, 2.24) is 19.1 Å². The number of anilines is 1. The molecule has 11 atom stereocenters. The number of hydrogen-bond acceptors (Lipinski definition) is 18. The SMILES string of the molecule is Nc1ccn([C@H]2O[C@@H](CO[P+](=O)O[P+](=O)O[P+](=O)OC[C@H]3O[C@@H](n4ccc(=S)[nH]c4=O)[C@H](O)[C@@H]3O)[C@H](O)[C@H]2O)c(=O)n1. The molecule has 4 rings (SSSR count). The second-order valence-electron chi connectivity index (χ2n) is 8.58. The molecule has 2 aromatic heterocycles. The zero-order valence-corrected chi connectivity index (χ0v) is 24.3. The molecule has 4 heterocycles. The van der Waals surface area contributed by atoms with E-state index in [9.17, 15) is 43.7 Å². The topological polar surface area (TPSA) is 286 Å². The van der Waals surface area contributed by atoms with E-state index in [4.69, 9.17) is 36.5 Å². The Labute approximate surface area is 241 Å². The average molecular weight is 674 g/mol. The largest absolute Gasteiger partial charge is 0.798 e. The van der Waals surface area contributed by atoms with Crippen molar-refractivity contribution in [3.63, 3.8) is 0 Å². The van der Waals surface area contributed by atoms with Crippen molar-refractivity contribution in [3.05, 3.63) is 50.1 Å². The maximum absolute atomic E-state index is 12.0. The van der Waals surface area contributed by atoms with Gasteiger partial charge in [-0.25, -0.2) is 9.59 Å². The third-order valence-electron chi connectivity index (χ3n) is 5.88. The van der Waals surface area contributed by atoms with Gasteiger partial charge < -0.3 is 35.6 Å². The van der Waals surface area contributed by atoms with Crippen molar-refractivity contribution in [2.75, 3.05) is 18.9 Å². The third kappa shape index (κ3) is 7.60. The van der Waals surface area contributed by atoms with Crippen LogP contribution < -0.4 is 17.1 Å². The summed E-state index contributed by atoms with van der Waals surface area (Å²) >= 11 is 4.83. The quantitative estimate of drug-likeness (QED) is 0.116. The number of H-pyrrole nitrogens is 1. The number of aromatic nitrogens is 4. The van der Waals surface area contributed by atoms with E-state index >= 15 is 0 Å². The standard InChI is InChI=1S/C18H21N5O15P3S/c19-9-1-3-22(17(28)20-9)15-13(26)11(24)7(35-15)5-33-39(30)37-41(32)38-40(31)34-6-8-12(25)14(27)16(36-8)23-4-2-10(42)21-18(23)29/h1-4,7-8,11-16,24-27H,5-6H2,(H-2,19,20,21,28,29,42)/q+1/p+2/t7-,8+,11-,12+,13+,14+,15-,16+/m0/s1. The van der Waals surface area contributed by atoms with Gasteiger partial charge in [0.1, 0.15) is 60.3 Å². The highest BCUT2D eigenvalue weighted by atomic mass is 32.1. The van der Waals surface area contributed by atoms with Crippen molar-refractivity contribution in [1.29, 1.82) is 0 Å². The molecular weight excluding hydrogens is 651 g/mol. The summed E-state index contributed by atoms with van der Waals surface area (Å²) in [6, 6.07) is 2.61. The highest BCUT2D eigenvalue weighted by Gasteiger charge is 2.53. The Balaban J connectivity index is 1.21. The normalized spacial score (nSPS) is 30.3. The molecule has 0 radical (unpaired) electrons. The van der Waals surface area contributed by atoms with Gasteiger partial charge in [0.2, 0.25) is 0 Å². The highest BCUT2D eigenvalue weighted by Crippen LogP contribution is 2.47. The van der Waals surface area contributed by atoms with Crippen molar-refractivity contribution in [2.45, 2.75) is 49.1 Å². The Morgan fingerprint density at radius 1 is 0.857 bits per heavy atom. The van der Waals surface area contributed by atoms with Crippen LogP contribution in [0.2, 0.25) is 0 Å². The van der Waals surface area contributed by atoms with Crippen LogP contribution in [-0.2, 0) is 40.8 Å². The van der Waals surface area contributed by atoms with Gasteiger partial charge in [0.05, 0.1) is 0 Å². The Morgan fingerprint density at radius 2 is 1.36 bits per heavy atom. The van der Waals surface area contributed by atoms with Crippen molar-refractivity contribution in [3.8, 4) is 0 Å². The van der Waals surface area contributed by atoms with Gasteiger partial charge in [0.15, 0.2) is 21.1 Å². The molecule has 0 aromatic carbocycles. The zero-order chi connectivity index (χ0) is 30.7. The van der Waals surface area contributed by atoms with Crippen LogP contribution in [0.3, 0.4) is 0 Å². The van der Waals surface area contributed by atoms with Gasteiger partial charge in [0.25, 0.3) is 0 Å². The van der Waals surface area contributed by atoms with E-state index in [0.717, 1.165) is 9.13 Å². The molecule has 7 N–H and O–H groups in total. The van der Waals surface area contributed by atoms with Crippen LogP contribution in [0.1, 0.15) is 12.5 Å². The van der Waals surface area contributed by atoms with Gasteiger partial charge in [-0.1, -0.05) is 12.2 Å². The number of aliphatic hydroxyl groups is 4. The summed E-state index contributed by atoms with van der Waals surface area (Å²) in [6.45, 7) is -1.32. The van der Waals surface area contributed by atoms with Crippen molar-refractivity contribution in [2.24, 2.45) is 0 Å². The van der Waals surface area contributed by atoms with Gasteiger partial charge in [-0.3, -0.25) is 14.1 Å². The molecular formula is C18H23N5O15P3S+3. The Morgan fingerprint density at radius 3 is 1.86 bits per heavy atom. The first-order valence-corrected chi connectivity index (χ1v) is 15.3. The average Bonchev–Trinajstić information content (AvgIpc) is 3.36. The fourth-order valence-corrected chi connectivity index (χ4v) is 6.20. The van der Waals surface area contributed by atoms with E-state index in [2.05, 4.69) is 18.6 Å². The van der Waals surface area contributed by atoms with Crippen molar-refractivity contribution >= 4 is 42.8 Å². The maximum Gasteiger partial charge on any atom is 0.798 e. The molecule has 2 aromatic rings. The molecule has 3 unspecified atom stereocenters. The number of rotatable bonds is 12. The summed E-state index contributed by atoms with van der Waals surface area (Å²) in [5.74, 6) is -0.0782. The van der Waals surface area contributed by atoms with Crippen molar-refractivity contribution < 1.29 is 61.3 Å². The summed E-state index contributed by atoms with van der Waals surface area (Å²) in [5.41, 5.74) is 3.82. The molecule has 2 saturated heterocycles. The predicted octanol–water partition coefficient (Wildman–Crippen LogP) is -0.978. The van der Waals surface area contributed by atoms with Crippen LogP contribution in [0.4, 0.5) is 5.82 Å². The molecule has 0 saturated carbocycles. The summed E-state index contributed by atoms with van der Waals surface area (Å²) < 4.78 is 67.2.